The van der Waals surface area contributed by atoms with E-state index in [-0.39, 0.29) is 35.6 Å². The first-order valence-corrected chi connectivity index (χ1v) is 12.9. The first-order valence-electron chi connectivity index (χ1n) is 12.5. The molecule has 0 fully saturated rings. The number of nitrogens with zero attached hydrogens (tertiary/aromatic N) is 1. The van der Waals surface area contributed by atoms with Crippen molar-refractivity contribution in [1.82, 2.24) is 0 Å². The summed E-state index contributed by atoms with van der Waals surface area (Å²) in [7, 11) is 0. The smallest absolute Gasteiger partial charge is 0.419 e. The number of hydrogen-bond donors (Lipinski definition) is 0. The molecule has 1 amide bonds. The highest BCUT2D eigenvalue weighted by Gasteiger charge is 2.24. The maximum Gasteiger partial charge on any atom is 0.419 e. The second-order valence-corrected chi connectivity index (χ2v) is 9.27. The summed E-state index contributed by atoms with van der Waals surface area (Å²) in [6.07, 6.45) is 2.23. The van der Waals surface area contributed by atoms with Crippen LogP contribution in [0.3, 0.4) is 0 Å². The molecule has 0 heterocycles. The number of amides is 1. The standard InChI is InChI=1S/C30H31ClFNO5/c1-4-5-6-11-28(34)37-16-17-38-30(36)33(27-15-12-22(32)18-21(27)3)23-13-14-25(26(31)19-23)29(35)24-10-8-7-9-20(24)2/h7-10,12-15,18-19H,4-6,11,16-17H2,1-3H3. The summed E-state index contributed by atoms with van der Waals surface area (Å²) in [4.78, 5) is 39.4. The van der Waals surface area contributed by atoms with Crippen LogP contribution in [-0.4, -0.2) is 31.1 Å². The number of rotatable bonds is 11. The van der Waals surface area contributed by atoms with E-state index < -0.39 is 11.9 Å². The molecule has 3 aromatic carbocycles. The number of aryl methyl sites for hydroxylation is 2. The van der Waals surface area contributed by atoms with E-state index in [2.05, 4.69) is 0 Å². The Hall–Kier alpha value is -3.71. The van der Waals surface area contributed by atoms with E-state index in [1.807, 2.05) is 26.0 Å². The maximum absolute atomic E-state index is 13.8. The van der Waals surface area contributed by atoms with Gasteiger partial charge in [-0.25, -0.2) is 14.1 Å². The lowest BCUT2D eigenvalue weighted by Crippen LogP contribution is -2.29. The molecule has 0 atom stereocenters. The predicted molar refractivity (Wildman–Crippen MR) is 146 cm³/mol. The third-order valence-corrected chi connectivity index (χ3v) is 6.30. The first kappa shape index (κ1) is 28.9. The van der Waals surface area contributed by atoms with Crippen molar-refractivity contribution in [3.05, 3.63) is 93.8 Å². The zero-order chi connectivity index (χ0) is 27.7. The van der Waals surface area contributed by atoms with Crippen LogP contribution >= 0.6 is 11.6 Å². The number of ether oxygens (including phenoxy) is 2. The molecule has 0 aliphatic rings. The second-order valence-electron chi connectivity index (χ2n) is 8.87. The average molecular weight is 540 g/mol. The zero-order valence-electron chi connectivity index (χ0n) is 21.8. The minimum absolute atomic E-state index is 0.0858. The number of unbranched alkanes of at least 4 members (excludes halogenated alkanes) is 2. The number of ketones is 1. The second kappa shape index (κ2) is 13.7. The molecule has 6 nitrogen and oxygen atoms in total. The van der Waals surface area contributed by atoms with E-state index in [0.29, 0.717) is 28.9 Å². The van der Waals surface area contributed by atoms with Gasteiger partial charge < -0.3 is 9.47 Å². The Morgan fingerprint density at radius 3 is 2.29 bits per heavy atom. The van der Waals surface area contributed by atoms with Crippen molar-refractivity contribution in [2.75, 3.05) is 18.1 Å². The molecular formula is C30H31ClFNO5. The van der Waals surface area contributed by atoms with E-state index in [0.717, 1.165) is 24.8 Å². The normalized spacial score (nSPS) is 10.7. The molecular weight excluding hydrogens is 509 g/mol. The van der Waals surface area contributed by atoms with Crippen molar-refractivity contribution < 1.29 is 28.2 Å². The largest absolute Gasteiger partial charge is 0.462 e. The molecule has 0 aliphatic heterocycles. The summed E-state index contributed by atoms with van der Waals surface area (Å²) in [6.45, 7) is 5.30. The van der Waals surface area contributed by atoms with Gasteiger partial charge >= 0.3 is 12.1 Å². The fourth-order valence-corrected chi connectivity index (χ4v) is 4.21. The average Bonchev–Trinajstić information content (AvgIpc) is 2.88. The van der Waals surface area contributed by atoms with Crippen molar-refractivity contribution in [1.29, 1.82) is 0 Å². The van der Waals surface area contributed by atoms with E-state index >= 15 is 0 Å². The van der Waals surface area contributed by atoms with Gasteiger partial charge in [0.15, 0.2) is 5.78 Å². The quantitative estimate of drug-likeness (QED) is 0.142. The molecule has 0 aliphatic carbocycles. The summed E-state index contributed by atoms with van der Waals surface area (Å²) in [6, 6.07) is 15.8. The Labute approximate surface area is 227 Å². The molecule has 0 N–H and O–H groups in total. The lowest BCUT2D eigenvalue weighted by atomic mass is 9.99. The molecule has 0 saturated carbocycles. The van der Waals surface area contributed by atoms with Crippen molar-refractivity contribution in [2.24, 2.45) is 0 Å². The van der Waals surface area contributed by atoms with Crippen molar-refractivity contribution in [3.8, 4) is 0 Å². The summed E-state index contributed by atoms with van der Waals surface area (Å²) in [5.41, 5.74) is 2.81. The van der Waals surface area contributed by atoms with Gasteiger partial charge in [-0.05, 0) is 67.8 Å². The molecule has 3 rings (SSSR count). The van der Waals surface area contributed by atoms with Crippen LogP contribution in [-0.2, 0) is 14.3 Å². The predicted octanol–water partition coefficient (Wildman–Crippen LogP) is 7.73. The van der Waals surface area contributed by atoms with E-state index in [9.17, 15) is 18.8 Å². The summed E-state index contributed by atoms with van der Waals surface area (Å²) < 4.78 is 24.3. The van der Waals surface area contributed by atoms with Crippen molar-refractivity contribution >= 4 is 40.8 Å². The van der Waals surface area contributed by atoms with Gasteiger partial charge in [0.1, 0.15) is 19.0 Å². The zero-order valence-corrected chi connectivity index (χ0v) is 22.5. The van der Waals surface area contributed by atoms with E-state index in [4.69, 9.17) is 21.1 Å². The number of esters is 1. The van der Waals surface area contributed by atoms with Crippen LogP contribution in [0.4, 0.5) is 20.6 Å². The topological polar surface area (TPSA) is 72.9 Å². The number of anilines is 2. The highest BCUT2D eigenvalue weighted by Crippen LogP contribution is 2.33. The number of carbonyl (C=O) groups excluding carboxylic acids is 3. The Kier molecular flexibility index (Phi) is 10.4. The monoisotopic (exact) mass is 539 g/mol. The maximum atomic E-state index is 13.8. The Morgan fingerprint density at radius 2 is 1.61 bits per heavy atom. The molecule has 200 valence electrons. The summed E-state index contributed by atoms with van der Waals surface area (Å²) in [5.74, 6) is -1.04. The number of halogens is 2. The molecule has 0 radical (unpaired) electrons. The SMILES string of the molecule is CCCCCC(=O)OCCOC(=O)N(c1ccc(C(=O)c2ccccc2C)c(Cl)c1)c1ccc(F)cc1C. The van der Waals surface area contributed by atoms with Gasteiger partial charge in [0, 0.05) is 17.5 Å². The fourth-order valence-electron chi connectivity index (χ4n) is 3.95. The molecule has 0 spiro atoms. The van der Waals surface area contributed by atoms with Gasteiger partial charge in [-0.3, -0.25) is 9.59 Å². The lowest BCUT2D eigenvalue weighted by Gasteiger charge is -2.24. The van der Waals surface area contributed by atoms with Gasteiger partial charge in [0.25, 0.3) is 0 Å². The highest BCUT2D eigenvalue weighted by molar-refractivity contribution is 6.35. The van der Waals surface area contributed by atoms with Crippen LogP contribution in [0.5, 0.6) is 0 Å². The molecule has 0 aromatic heterocycles. The lowest BCUT2D eigenvalue weighted by molar-refractivity contribution is -0.144. The van der Waals surface area contributed by atoms with Crippen LogP contribution in [0.1, 0.15) is 59.7 Å². The van der Waals surface area contributed by atoms with Gasteiger partial charge in [0.2, 0.25) is 0 Å². The van der Waals surface area contributed by atoms with Crippen molar-refractivity contribution in [2.45, 2.75) is 46.5 Å². The van der Waals surface area contributed by atoms with Gasteiger partial charge in [0.05, 0.1) is 16.4 Å². The van der Waals surface area contributed by atoms with E-state index in [1.165, 1.54) is 29.2 Å². The molecule has 0 saturated heterocycles. The highest BCUT2D eigenvalue weighted by atomic mass is 35.5. The fraction of sp³-hybridized carbons (Fsp3) is 0.300. The Balaban J connectivity index is 1.82. The van der Waals surface area contributed by atoms with Gasteiger partial charge in [-0.15, -0.1) is 0 Å². The minimum Gasteiger partial charge on any atom is -0.462 e. The Bertz CT molecular complexity index is 1310. The number of benzene rings is 3. The van der Waals surface area contributed by atoms with Crippen molar-refractivity contribution in [3.63, 3.8) is 0 Å². The molecule has 0 unspecified atom stereocenters. The van der Waals surface area contributed by atoms with Crippen LogP contribution < -0.4 is 4.90 Å². The van der Waals surface area contributed by atoms with E-state index in [1.54, 1.807) is 31.2 Å². The minimum atomic E-state index is -0.768. The summed E-state index contributed by atoms with van der Waals surface area (Å²) >= 11 is 6.52. The number of carbonyl (C=O) groups is 3. The first-order chi connectivity index (χ1) is 18.2. The summed E-state index contributed by atoms with van der Waals surface area (Å²) in [5, 5.41) is 0.148. The Morgan fingerprint density at radius 1 is 0.868 bits per heavy atom. The number of hydrogen-bond acceptors (Lipinski definition) is 5. The van der Waals surface area contributed by atoms with Crippen LogP contribution in [0.2, 0.25) is 5.02 Å². The van der Waals surface area contributed by atoms with Crippen LogP contribution in [0, 0.1) is 19.7 Å². The molecule has 3 aromatic rings. The van der Waals surface area contributed by atoms with Crippen LogP contribution in [0.15, 0.2) is 60.7 Å². The van der Waals surface area contributed by atoms with Crippen LogP contribution in [0.25, 0.3) is 0 Å². The third-order valence-electron chi connectivity index (χ3n) is 5.98. The third kappa shape index (κ3) is 7.42. The van der Waals surface area contributed by atoms with Gasteiger partial charge in [-0.2, -0.15) is 0 Å². The molecule has 38 heavy (non-hydrogen) atoms. The van der Waals surface area contributed by atoms with Gasteiger partial charge in [-0.1, -0.05) is 55.6 Å². The molecule has 0 bridgehead atoms. The molecule has 8 heteroatoms.